The number of rotatable bonds is 6. The second-order valence-electron chi connectivity index (χ2n) is 10.2. The van der Waals surface area contributed by atoms with Crippen LogP contribution in [-0.2, 0) is 19.7 Å². The Morgan fingerprint density at radius 2 is 0.884 bits per heavy atom. The fraction of sp³-hybridized carbons (Fsp3) is 0. The summed E-state index contributed by atoms with van der Waals surface area (Å²) >= 11 is 0. The topological polar surface area (TPSA) is 84.1 Å². The molecule has 5 nitrogen and oxygen atoms in total. The molecule has 6 aromatic carbocycles. The minimum atomic E-state index is -3.93. The molecule has 0 amide bonds. The predicted octanol–water partition coefficient (Wildman–Crippen LogP) is 8.32. The SMILES string of the molecule is O=S(=O)(c1ccccc1)c1ccccc1-c1ccc2c([nH]c3ccccc32)c1-c1ccccc1S(=O)(=O)c1ccccc1. The number of sulfone groups is 2. The van der Waals surface area contributed by atoms with Crippen molar-refractivity contribution >= 4 is 41.5 Å². The van der Waals surface area contributed by atoms with Gasteiger partial charge in [0.25, 0.3) is 0 Å². The van der Waals surface area contributed by atoms with E-state index in [1.807, 2.05) is 36.4 Å². The molecule has 1 N–H and O–H groups in total. The molecule has 0 saturated carbocycles. The van der Waals surface area contributed by atoms with Crippen molar-refractivity contribution < 1.29 is 16.8 Å². The quantitative estimate of drug-likeness (QED) is 0.208. The average molecular weight is 600 g/mol. The van der Waals surface area contributed by atoms with Crippen molar-refractivity contribution in [2.75, 3.05) is 0 Å². The van der Waals surface area contributed by atoms with Gasteiger partial charge in [-0.25, -0.2) is 16.8 Å². The minimum absolute atomic E-state index is 0.136. The van der Waals surface area contributed by atoms with Gasteiger partial charge in [0.1, 0.15) is 0 Å². The molecule has 0 unspecified atom stereocenters. The van der Waals surface area contributed by atoms with Crippen LogP contribution in [0.1, 0.15) is 0 Å². The molecule has 7 rings (SSSR count). The van der Waals surface area contributed by atoms with Gasteiger partial charge in [-0.3, -0.25) is 0 Å². The maximum Gasteiger partial charge on any atom is 0.207 e. The van der Waals surface area contributed by atoms with Gasteiger partial charge in [0.05, 0.1) is 25.1 Å². The third kappa shape index (κ3) is 4.45. The summed E-state index contributed by atoms with van der Waals surface area (Å²) in [7, 11) is -7.83. The van der Waals surface area contributed by atoms with E-state index < -0.39 is 19.7 Å². The Balaban J connectivity index is 1.59. The van der Waals surface area contributed by atoms with Crippen LogP contribution in [0, 0.1) is 0 Å². The monoisotopic (exact) mass is 599 g/mol. The second-order valence-corrected chi connectivity index (χ2v) is 14.0. The molecule has 0 atom stereocenters. The van der Waals surface area contributed by atoms with Crippen LogP contribution >= 0.6 is 0 Å². The molecule has 0 saturated heterocycles. The Labute approximate surface area is 249 Å². The van der Waals surface area contributed by atoms with Crippen molar-refractivity contribution in [3.63, 3.8) is 0 Å². The van der Waals surface area contributed by atoms with Crippen LogP contribution in [0.4, 0.5) is 0 Å². The van der Waals surface area contributed by atoms with Gasteiger partial charge in [-0.2, -0.15) is 0 Å². The molecule has 7 heteroatoms. The number of nitrogens with one attached hydrogen (secondary N) is 1. The molecule has 0 spiro atoms. The van der Waals surface area contributed by atoms with Gasteiger partial charge in [0.15, 0.2) is 0 Å². The van der Waals surface area contributed by atoms with E-state index in [0.29, 0.717) is 22.3 Å². The van der Waals surface area contributed by atoms with Crippen LogP contribution in [0.25, 0.3) is 44.1 Å². The first-order chi connectivity index (χ1) is 20.9. The highest BCUT2D eigenvalue weighted by Gasteiger charge is 2.28. The lowest BCUT2D eigenvalue weighted by Crippen LogP contribution is -2.06. The lowest BCUT2D eigenvalue weighted by Gasteiger charge is -2.18. The summed E-state index contributed by atoms with van der Waals surface area (Å²) in [6.07, 6.45) is 0. The van der Waals surface area contributed by atoms with E-state index in [1.165, 1.54) is 0 Å². The number of H-pyrrole nitrogens is 1. The number of para-hydroxylation sites is 1. The van der Waals surface area contributed by atoms with Crippen molar-refractivity contribution in [3.8, 4) is 22.3 Å². The number of fused-ring (bicyclic) bond motifs is 3. The van der Waals surface area contributed by atoms with Crippen LogP contribution < -0.4 is 0 Å². The van der Waals surface area contributed by atoms with Gasteiger partial charge in [-0.05, 0) is 48.0 Å². The molecular weight excluding hydrogens is 575 g/mol. The molecule has 0 radical (unpaired) electrons. The Hall–Kier alpha value is -4.98. The molecule has 0 bridgehead atoms. The Morgan fingerprint density at radius 3 is 1.51 bits per heavy atom. The van der Waals surface area contributed by atoms with Crippen molar-refractivity contribution in [3.05, 3.63) is 146 Å². The van der Waals surface area contributed by atoms with E-state index in [9.17, 15) is 16.8 Å². The first kappa shape index (κ1) is 26.9. The zero-order valence-corrected chi connectivity index (χ0v) is 24.4. The molecule has 210 valence electrons. The molecule has 7 aromatic rings. The standard InChI is InChI=1S/C36H25NO4S2/c38-42(39,25-13-3-1-4-14-25)33-21-11-8-18-28(33)29-23-24-30-27-17-7-10-20-32(27)37-36(30)35(29)31-19-9-12-22-34(31)43(40,41)26-15-5-2-6-16-26/h1-24,37H. The highest BCUT2D eigenvalue weighted by atomic mass is 32.2. The van der Waals surface area contributed by atoms with Crippen LogP contribution in [0.15, 0.2) is 165 Å². The largest absolute Gasteiger partial charge is 0.354 e. The molecular formula is C36H25NO4S2. The lowest BCUT2D eigenvalue weighted by atomic mass is 9.92. The summed E-state index contributed by atoms with van der Waals surface area (Å²) in [5.41, 5.74) is 3.79. The van der Waals surface area contributed by atoms with Gasteiger partial charge < -0.3 is 4.98 Å². The maximum absolute atomic E-state index is 14.1. The lowest BCUT2D eigenvalue weighted by molar-refractivity contribution is 0.594. The summed E-state index contributed by atoms with van der Waals surface area (Å²) < 4.78 is 56.2. The molecule has 43 heavy (non-hydrogen) atoms. The van der Waals surface area contributed by atoms with Gasteiger partial charge >= 0.3 is 0 Å². The highest BCUT2D eigenvalue weighted by molar-refractivity contribution is 7.92. The zero-order chi connectivity index (χ0) is 29.6. The average Bonchev–Trinajstić information content (AvgIpc) is 3.44. The van der Waals surface area contributed by atoms with E-state index in [-0.39, 0.29) is 19.6 Å². The van der Waals surface area contributed by atoms with E-state index in [0.717, 1.165) is 21.8 Å². The molecule has 1 heterocycles. The highest BCUT2D eigenvalue weighted by Crippen LogP contribution is 2.45. The van der Waals surface area contributed by atoms with Crippen molar-refractivity contribution in [2.45, 2.75) is 19.6 Å². The molecule has 0 fully saturated rings. The maximum atomic E-state index is 14.1. The summed E-state index contributed by atoms with van der Waals surface area (Å²) in [6, 6.07) is 42.2. The smallest absolute Gasteiger partial charge is 0.207 e. The molecule has 0 aliphatic heterocycles. The fourth-order valence-corrected chi connectivity index (χ4v) is 8.69. The van der Waals surface area contributed by atoms with Gasteiger partial charge in [0, 0.05) is 33.0 Å². The van der Waals surface area contributed by atoms with Crippen LogP contribution in [-0.4, -0.2) is 21.8 Å². The van der Waals surface area contributed by atoms with E-state index in [4.69, 9.17) is 0 Å². The van der Waals surface area contributed by atoms with Crippen LogP contribution in [0.2, 0.25) is 0 Å². The normalized spacial score (nSPS) is 12.1. The summed E-state index contributed by atoms with van der Waals surface area (Å²) in [4.78, 5) is 4.16. The van der Waals surface area contributed by atoms with E-state index in [1.54, 1.807) is 109 Å². The van der Waals surface area contributed by atoms with Crippen molar-refractivity contribution in [2.24, 2.45) is 0 Å². The summed E-state index contributed by atoms with van der Waals surface area (Å²) in [5.74, 6) is 0. The van der Waals surface area contributed by atoms with Gasteiger partial charge in [-0.1, -0.05) is 103 Å². The van der Waals surface area contributed by atoms with E-state index in [2.05, 4.69) is 4.98 Å². The minimum Gasteiger partial charge on any atom is -0.354 e. The molecule has 0 aliphatic rings. The first-order valence-corrected chi connectivity index (χ1v) is 16.7. The Bertz CT molecular complexity index is 2360. The summed E-state index contributed by atoms with van der Waals surface area (Å²) in [5, 5.41) is 1.89. The second kappa shape index (κ2) is 10.4. The fourth-order valence-electron chi connectivity index (χ4n) is 5.71. The third-order valence-electron chi connectivity index (χ3n) is 7.70. The predicted molar refractivity (Wildman–Crippen MR) is 170 cm³/mol. The number of hydrogen-bond acceptors (Lipinski definition) is 4. The zero-order valence-electron chi connectivity index (χ0n) is 22.8. The third-order valence-corrected chi connectivity index (χ3v) is 11.4. The number of aromatic amines is 1. The Kier molecular flexibility index (Phi) is 6.49. The molecule has 0 aliphatic carbocycles. The Morgan fingerprint density at radius 1 is 0.395 bits per heavy atom. The van der Waals surface area contributed by atoms with Crippen molar-refractivity contribution in [1.82, 2.24) is 4.98 Å². The number of benzene rings is 6. The summed E-state index contributed by atoms with van der Waals surface area (Å²) in [6.45, 7) is 0. The van der Waals surface area contributed by atoms with E-state index >= 15 is 0 Å². The first-order valence-electron chi connectivity index (χ1n) is 13.7. The number of hydrogen-bond donors (Lipinski definition) is 1. The van der Waals surface area contributed by atoms with Crippen molar-refractivity contribution in [1.29, 1.82) is 0 Å². The van der Waals surface area contributed by atoms with Crippen LogP contribution in [0.5, 0.6) is 0 Å². The molecule has 1 aromatic heterocycles. The van der Waals surface area contributed by atoms with Gasteiger partial charge in [0.2, 0.25) is 19.7 Å². The van der Waals surface area contributed by atoms with Crippen LogP contribution in [0.3, 0.4) is 0 Å². The van der Waals surface area contributed by atoms with Gasteiger partial charge in [-0.15, -0.1) is 0 Å². The number of aromatic nitrogens is 1.